The van der Waals surface area contributed by atoms with Crippen LogP contribution in [0, 0.1) is 5.92 Å². The fraction of sp³-hybridized carbons (Fsp3) is 0.778. The van der Waals surface area contributed by atoms with Gasteiger partial charge in [0.15, 0.2) is 0 Å². The molecule has 0 saturated carbocycles. The molecule has 21 heavy (non-hydrogen) atoms. The van der Waals surface area contributed by atoms with E-state index in [-0.39, 0.29) is 0 Å². The molecule has 0 spiro atoms. The van der Waals surface area contributed by atoms with E-state index in [0.29, 0.717) is 12.0 Å². The van der Waals surface area contributed by atoms with Gasteiger partial charge in [0.05, 0.1) is 13.1 Å². The predicted octanol–water partition coefficient (Wildman–Crippen LogP) is 4.43. The summed E-state index contributed by atoms with van der Waals surface area (Å²) >= 11 is 0. The van der Waals surface area contributed by atoms with E-state index in [1.807, 2.05) is 0 Å². The zero-order valence-corrected chi connectivity index (χ0v) is 14.6. The Balaban J connectivity index is 2.42. The molecule has 0 aromatic carbocycles. The molecule has 0 radical (unpaired) electrons. The van der Waals surface area contributed by atoms with Crippen molar-refractivity contribution in [2.45, 2.75) is 73.0 Å². The van der Waals surface area contributed by atoms with E-state index in [1.165, 1.54) is 19.3 Å². The van der Waals surface area contributed by atoms with Gasteiger partial charge in [-0.25, -0.2) is 0 Å². The molecule has 3 nitrogen and oxygen atoms in total. The molecule has 0 amide bonds. The maximum atomic E-state index is 5.95. The third-order valence-electron chi connectivity index (χ3n) is 3.71. The Hall–Kier alpha value is -0.800. The Morgan fingerprint density at radius 1 is 1.10 bits per heavy atom. The van der Waals surface area contributed by atoms with Crippen LogP contribution in [0.25, 0.3) is 0 Å². The molecule has 1 heterocycles. The first-order chi connectivity index (χ1) is 10.0. The summed E-state index contributed by atoms with van der Waals surface area (Å²) in [7, 11) is 0. The van der Waals surface area contributed by atoms with Gasteiger partial charge >= 0.3 is 0 Å². The average Bonchev–Trinajstić information content (AvgIpc) is 2.85. The van der Waals surface area contributed by atoms with Crippen molar-refractivity contribution in [2.24, 2.45) is 5.92 Å². The van der Waals surface area contributed by atoms with E-state index in [2.05, 4.69) is 57.0 Å². The Morgan fingerprint density at radius 3 is 2.43 bits per heavy atom. The van der Waals surface area contributed by atoms with Crippen LogP contribution in [0.2, 0.25) is 0 Å². The minimum atomic E-state index is 0.564. The third kappa shape index (κ3) is 7.68. The molecule has 0 atom stereocenters. The van der Waals surface area contributed by atoms with E-state index >= 15 is 0 Å². The van der Waals surface area contributed by atoms with Gasteiger partial charge in [0.25, 0.3) is 0 Å². The summed E-state index contributed by atoms with van der Waals surface area (Å²) in [5, 5.41) is 3.43. The van der Waals surface area contributed by atoms with Crippen molar-refractivity contribution in [3.05, 3.63) is 23.7 Å². The van der Waals surface area contributed by atoms with E-state index in [9.17, 15) is 0 Å². The smallest absolute Gasteiger partial charge is 0.118 e. The number of rotatable bonds is 11. The molecular weight excluding hydrogens is 260 g/mol. The fourth-order valence-corrected chi connectivity index (χ4v) is 2.37. The van der Waals surface area contributed by atoms with Gasteiger partial charge in [0.2, 0.25) is 0 Å². The molecule has 0 aliphatic rings. The highest BCUT2D eigenvalue weighted by Crippen LogP contribution is 2.14. The molecule has 1 aromatic rings. The standard InChI is InChI=1S/C18H34N2O/c1-6-7-8-11-20(16(4)5)14-18-10-9-17(21-18)13-19-12-15(2)3/h9-10,15-16,19H,6-8,11-14H2,1-5H3. The lowest BCUT2D eigenvalue weighted by molar-refractivity contribution is 0.191. The Bertz CT molecular complexity index is 371. The van der Waals surface area contributed by atoms with Crippen LogP contribution in [0.4, 0.5) is 0 Å². The lowest BCUT2D eigenvalue weighted by Crippen LogP contribution is -2.31. The Morgan fingerprint density at radius 2 is 1.81 bits per heavy atom. The largest absolute Gasteiger partial charge is 0.463 e. The zero-order valence-electron chi connectivity index (χ0n) is 14.6. The van der Waals surface area contributed by atoms with Gasteiger partial charge < -0.3 is 9.73 Å². The van der Waals surface area contributed by atoms with E-state index in [0.717, 1.165) is 37.7 Å². The lowest BCUT2D eigenvalue weighted by Gasteiger charge is -2.25. The highest BCUT2D eigenvalue weighted by Gasteiger charge is 2.12. The topological polar surface area (TPSA) is 28.4 Å². The molecular formula is C18H34N2O. The van der Waals surface area contributed by atoms with Crippen LogP contribution in [0.1, 0.15) is 65.4 Å². The molecule has 0 aliphatic carbocycles. The van der Waals surface area contributed by atoms with Crippen molar-refractivity contribution >= 4 is 0 Å². The summed E-state index contributed by atoms with van der Waals surface area (Å²) in [6, 6.07) is 4.80. The van der Waals surface area contributed by atoms with Crippen molar-refractivity contribution in [2.75, 3.05) is 13.1 Å². The summed E-state index contributed by atoms with van der Waals surface area (Å²) in [5.74, 6) is 2.80. The highest BCUT2D eigenvalue weighted by atomic mass is 16.3. The first-order valence-corrected chi connectivity index (χ1v) is 8.55. The maximum absolute atomic E-state index is 5.95. The van der Waals surface area contributed by atoms with Crippen molar-refractivity contribution in [3.63, 3.8) is 0 Å². The van der Waals surface area contributed by atoms with Crippen LogP contribution in [0.3, 0.4) is 0 Å². The average molecular weight is 294 g/mol. The maximum Gasteiger partial charge on any atom is 0.118 e. The van der Waals surface area contributed by atoms with Crippen molar-refractivity contribution < 1.29 is 4.42 Å². The van der Waals surface area contributed by atoms with Gasteiger partial charge in [-0.05, 0) is 51.4 Å². The number of hydrogen-bond acceptors (Lipinski definition) is 3. The number of nitrogens with zero attached hydrogens (tertiary/aromatic N) is 1. The summed E-state index contributed by atoms with van der Waals surface area (Å²) in [6.07, 6.45) is 3.86. The van der Waals surface area contributed by atoms with Crippen molar-refractivity contribution in [3.8, 4) is 0 Å². The second-order valence-corrected chi connectivity index (χ2v) is 6.66. The van der Waals surface area contributed by atoms with Crippen LogP contribution < -0.4 is 5.32 Å². The normalized spacial score (nSPS) is 12.0. The van der Waals surface area contributed by atoms with Crippen molar-refractivity contribution in [1.82, 2.24) is 10.2 Å². The second kappa shape index (κ2) is 10.0. The van der Waals surface area contributed by atoms with Crippen LogP contribution in [0.5, 0.6) is 0 Å². The summed E-state index contributed by atoms with van der Waals surface area (Å²) in [4.78, 5) is 2.50. The van der Waals surface area contributed by atoms with Crippen LogP contribution in [-0.4, -0.2) is 24.0 Å². The van der Waals surface area contributed by atoms with E-state index < -0.39 is 0 Å². The minimum absolute atomic E-state index is 0.564. The summed E-state index contributed by atoms with van der Waals surface area (Å²) in [6.45, 7) is 15.2. The summed E-state index contributed by atoms with van der Waals surface area (Å²) in [5.41, 5.74) is 0. The van der Waals surface area contributed by atoms with Gasteiger partial charge in [-0.1, -0.05) is 33.6 Å². The molecule has 0 saturated heterocycles. The Kier molecular flexibility index (Phi) is 8.70. The van der Waals surface area contributed by atoms with E-state index in [1.54, 1.807) is 0 Å². The Labute approximate surface area is 131 Å². The van der Waals surface area contributed by atoms with Crippen LogP contribution >= 0.6 is 0 Å². The molecule has 122 valence electrons. The SMILES string of the molecule is CCCCCN(Cc1ccc(CNCC(C)C)o1)C(C)C. The molecule has 1 aromatic heterocycles. The number of nitrogens with one attached hydrogen (secondary N) is 1. The fourth-order valence-electron chi connectivity index (χ4n) is 2.37. The van der Waals surface area contributed by atoms with Crippen LogP contribution in [0.15, 0.2) is 16.5 Å². The van der Waals surface area contributed by atoms with E-state index in [4.69, 9.17) is 4.42 Å². The lowest BCUT2D eigenvalue weighted by atomic mass is 10.2. The number of furan rings is 1. The molecule has 1 rings (SSSR count). The first kappa shape index (κ1) is 18.2. The molecule has 0 bridgehead atoms. The molecule has 1 N–H and O–H groups in total. The van der Waals surface area contributed by atoms with Gasteiger partial charge in [-0.2, -0.15) is 0 Å². The summed E-state index contributed by atoms with van der Waals surface area (Å²) < 4.78 is 5.95. The predicted molar refractivity (Wildman–Crippen MR) is 90.3 cm³/mol. The number of hydrogen-bond donors (Lipinski definition) is 1. The highest BCUT2D eigenvalue weighted by molar-refractivity contribution is 5.07. The van der Waals surface area contributed by atoms with Gasteiger partial charge in [0.1, 0.15) is 11.5 Å². The van der Waals surface area contributed by atoms with Crippen molar-refractivity contribution in [1.29, 1.82) is 0 Å². The quantitative estimate of drug-likeness (QED) is 0.612. The minimum Gasteiger partial charge on any atom is -0.463 e. The molecule has 3 heteroatoms. The third-order valence-corrected chi connectivity index (χ3v) is 3.71. The van der Waals surface area contributed by atoms with Crippen LogP contribution in [-0.2, 0) is 13.1 Å². The van der Waals surface area contributed by atoms with Gasteiger partial charge in [-0.15, -0.1) is 0 Å². The first-order valence-electron chi connectivity index (χ1n) is 8.55. The molecule has 0 fully saturated rings. The zero-order chi connectivity index (χ0) is 15.7. The molecule has 0 unspecified atom stereocenters. The van der Waals surface area contributed by atoms with Gasteiger partial charge in [0, 0.05) is 6.04 Å². The van der Waals surface area contributed by atoms with Gasteiger partial charge in [-0.3, -0.25) is 4.90 Å². The monoisotopic (exact) mass is 294 g/mol. The second-order valence-electron chi connectivity index (χ2n) is 6.66. The molecule has 0 aliphatic heterocycles. The number of unbranched alkanes of at least 4 members (excludes halogenated alkanes) is 2.